The minimum atomic E-state index is -0.0622. The predicted molar refractivity (Wildman–Crippen MR) is 103 cm³/mol. The molecular weight excluding hydrogens is 352 g/mol. The molecule has 0 saturated heterocycles. The molecule has 7 heteroatoms. The van der Waals surface area contributed by atoms with Gasteiger partial charge in [-0.2, -0.15) is 0 Å². The van der Waals surface area contributed by atoms with Crippen LogP contribution in [0.15, 0.2) is 40.3 Å². The average Bonchev–Trinajstić information content (AvgIpc) is 2.87. The van der Waals surface area contributed by atoms with E-state index in [4.69, 9.17) is 0 Å². The second-order valence-electron chi connectivity index (χ2n) is 5.84. The molecule has 0 N–H and O–H groups in total. The maximum atomic E-state index is 12.2. The van der Waals surface area contributed by atoms with Crippen LogP contribution in [0.4, 0.5) is 0 Å². The van der Waals surface area contributed by atoms with Gasteiger partial charge in [-0.3, -0.25) is 9.20 Å². The smallest absolute Gasteiger partial charge is 0.258 e. The molecule has 0 aromatic carbocycles. The number of aromatic nitrogens is 4. The summed E-state index contributed by atoms with van der Waals surface area (Å²) in [5.41, 5.74) is 2.59. The summed E-state index contributed by atoms with van der Waals surface area (Å²) in [6.07, 6.45) is 1.73. The molecule has 4 aromatic rings. The highest BCUT2D eigenvalue weighted by molar-refractivity contribution is 7.98. The first kappa shape index (κ1) is 16.2. The van der Waals surface area contributed by atoms with Gasteiger partial charge in [0.1, 0.15) is 21.3 Å². The molecule has 0 fully saturated rings. The Kier molecular flexibility index (Phi) is 4.05. The summed E-state index contributed by atoms with van der Waals surface area (Å²) in [6, 6.07) is 7.14. The number of hydrogen-bond acceptors (Lipinski definition) is 6. The third-order valence-electron chi connectivity index (χ3n) is 4.09. The second kappa shape index (κ2) is 6.24. The first-order valence-corrected chi connectivity index (χ1v) is 9.67. The summed E-state index contributed by atoms with van der Waals surface area (Å²) < 4.78 is 1.55. The topological polar surface area (TPSA) is 60.2 Å². The lowest BCUT2D eigenvalue weighted by Crippen LogP contribution is -2.14. The van der Waals surface area contributed by atoms with E-state index in [-0.39, 0.29) is 5.56 Å². The van der Waals surface area contributed by atoms with Crippen molar-refractivity contribution in [2.24, 2.45) is 0 Å². The maximum absolute atomic E-state index is 12.2. The van der Waals surface area contributed by atoms with Crippen LogP contribution in [0.3, 0.4) is 0 Å². The molecular formula is C18H16N4OS2. The van der Waals surface area contributed by atoms with E-state index in [9.17, 15) is 4.79 Å². The van der Waals surface area contributed by atoms with Gasteiger partial charge in [0.05, 0.1) is 5.69 Å². The van der Waals surface area contributed by atoms with E-state index in [1.807, 2.05) is 25.1 Å². The zero-order valence-corrected chi connectivity index (χ0v) is 15.7. The van der Waals surface area contributed by atoms with Gasteiger partial charge in [-0.25, -0.2) is 15.0 Å². The number of pyridine rings is 1. The number of aryl methyl sites for hydroxylation is 3. The fourth-order valence-electron chi connectivity index (χ4n) is 2.74. The SMILES string of the molecule is Cc1nc(SCc2cc(=O)n3ccccc3n2)c2c(C)c(C)sc2n1. The summed E-state index contributed by atoms with van der Waals surface area (Å²) in [5, 5.41) is 2.08. The van der Waals surface area contributed by atoms with Crippen LogP contribution >= 0.6 is 23.1 Å². The lowest BCUT2D eigenvalue weighted by molar-refractivity contribution is 0.999. The van der Waals surface area contributed by atoms with E-state index >= 15 is 0 Å². The van der Waals surface area contributed by atoms with Crippen LogP contribution < -0.4 is 5.56 Å². The molecule has 25 heavy (non-hydrogen) atoms. The van der Waals surface area contributed by atoms with Gasteiger partial charge in [0.15, 0.2) is 0 Å². The quantitative estimate of drug-likeness (QED) is 0.405. The normalized spacial score (nSPS) is 11.5. The first-order valence-electron chi connectivity index (χ1n) is 7.87. The van der Waals surface area contributed by atoms with Crippen molar-refractivity contribution >= 4 is 39.0 Å². The van der Waals surface area contributed by atoms with Gasteiger partial charge in [0.2, 0.25) is 0 Å². The summed E-state index contributed by atoms with van der Waals surface area (Å²) >= 11 is 3.31. The van der Waals surface area contributed by atoms with Crippen LogP contribution in [0.1, 0.15) is 22.0 Å². The van der Waals surface area contributed by atoms with Crippen molar-refractivity contribution in [3.63, 3.8) is 0 Å². The van der Waals surface area contributed by atoms with Gasteiger partial charge in [-0.15, -0.1) is 11.3 Å². The van der Waals surface area contributed by atoms with E-state index in [1.165, 1.54) is 10.4 Å². The monoisotopic (exact) mass is 368 g/mol. The first-order chi connectivity index (χ1) is 12.0. The van der Waals surface area contributed by atoms with Gasteiger partial charge in [-0.1, -0.05) is 17.8 Å². The van der Waals surface area contributed by atoms with Gasteiger partial charge in [0, 0.05) is 28.3 Å². The fourth-order valence-corrected chi connectivity index (χ4v) is 4.90. The van der Waals surface area contributed by atoms with E-state index in [2.05, 4.69) is 28.8 Å². The van der Waals surface area contributed by atoms with Crippen LogP contribution in [-0.4, -0.2) is 19.4 Å². The standard InChI is InChI=1S/C18H16N4OS2/c1-10-11(2)25-18-16(10)17(19-12(3)20-18)24-9-13-8-15(23)22-7-5-4-6-14(22)21-13/h4-8H,9H2,1-3H3. The molecule has 0 aliphatic rings. The fraction of sp³-hybridized carbons (Fsp3) is 0.222. The van der Waals surface area contributed by atoms with Crippen LogP contribution in [0, 0.1) is 20.8 Å². The molecule has 0 radical (unpaired) electrons. The third kappa shape index (κ3) is 2.94. The second-order valence-corrected chi connectivity index (χ2v) is 8.01. The van der Waals surface area contributed by atoms with Crippen molar-refractivity contribution in [1.82, 2.24) is 19.4 Å². The van der Waals surface area contributed by atoms with Crippen LogP contribution in [0.5, 0.6) is 0 Å². The molecule has 4 aromatic heterocycles. The van der Waals surface area contributed by atoms with Crippen molar-refractivity contribution in [3.05, 3.63) is 62.8 Å². The molecule has 0 amide bonds. The van der Waals surface area contributed by atoms with Crippen molar-refractivity contribution in [2.75, 3.05) is 0 Å². The molecule has 126 valence electrons. The molecule has 0 spiro atoms. The summed E-state index contributed by atoms with van der Waals surface area (Å²) in [5.74, 6) is 1.36. The Morgan fingerprint density at radius 1 is 1.16 bits per heavy atom. The largest absolute Gasteiger partial charge is 0.269 e. The van der Waals surface area contributed by atoms with Crippen molar-refractivity contribution in [3.8, 4) is 0 Å². The summed E-state index contributed by atoms with van der Waals surface area (Å²) in [7, 11) is 0. The Morgan fingerprint density at radius 2 is 2.00 bits per heavy atom. The van der Waals surface area contributed by atoms with E-state index in [0.29, 0.717) is 11.4 Å². The zero-order valence-electron chi connectivity index (χ0n) is 14.1. The van der Waals surface area contributed by atoms with Crippen molar-refractivity contribution in [2.45, 2.75) is 31.6 Å². The average molecular weight is 368 g/mol. The van der Waals surface area contributed by atoms with Gasteiger partial charge < -0.3 is 0 Å². The molecule has 4 rings (SSSR count). The molecule has 0 aliphatic carbocycles. The highest BCUT2D eigenvalue weighted by Gasteiger charge is 2.14. The molecule has 0 bridgehead atoms. The molecule has 5 nitrogen and oxygen atoms in total. The Hall–Kier alpha value is -2.25. The molecule has 0 aliphatic heterocycles. The Balaban J connectivity index is 1.72. The van der Waals surface area contributed by atoms with Crippen LogP contribution in [0.2, 0.25) is 0 Å². The van der Waals surface area contributed by atoms with E-state index in [1.54, 1.807) is 39.8 Å². The van der Waals surface area contributed by atoms with Crippen molar-refractivity contribution in [1.29, 1.82) is 0 Å². The zero-order chi connectivity index (χ0) is 17.6. The third-order valence-corrected chi connectivity index (χ3v) is 6.20. The predicted octanol–water partition coefficient (Wildman–Crippen LogP) is 3.92. The van der Waals surface area contributed by atoms with Gasteiger partial charge in [-0.05, 0) is 38.5 Å². The minimum absolute atomic E-state index is 0.0622. The number of rotatable bonds is 3. The van der Waals surface area contributed by atoms with Gasteiger partial charge in [0.25, 0.3) is 5.56 Å². The van der Waals surface area contributed by atoms with Gasteiger partial charge >= 0.3 is 0 Å². The molecule has 0 unspecified atom stereocenters. The van der Waals surface area contributed by atoms with E-state index < -0.39 is 0 Å². The lowest BCUT2D eigenvalue weighted by Gasteiger charge is -2.06. The highest BCUT2D eigenvalue weighted by Crippen LogP contribution is 2.35. The molecule has 4 heterocycles. The Bertz CT molecular complexity index is 1160. The molecule has 0 atom stereocenters. The maximum Gasteiger partial charge on any atom is 0.258 e. The number of thiophene rings is 1. The highest BCUT2D eigenvalue weighted by atomic mass is 32.2. The minimum Gasteiger partial charge on any atom is -0.269 e. The van der Waals surface area contributed by atoms with Crippen molar-refractivity contribution < 1.29 is 0 Å². The number of fused-ring (bicyclic) bond motifs is 2. The molecule has 0 saturated carbocycles. The summed E-state index contributed by atoms with van der Waals surface area (Å²) in [6.45, 7) is 6.13. The van der Waals surface area contributed by atoms with Crippen LogP contribution in [0.25, 0.3) is 15.9 Å². The van der Waals surface area contributed by atoms with E-state index in [0.717, 1.165) is 26.8 Å². The summed E-state index contributed by atoms with van der Waals surface area (Å²) in [4.78, 5) is 28.3. The Morgan fingerprint density at radius 3 is 2.84 bits per heavy atom. The Labute approximate surface area is 152 Å². The number of hydrogen-bond donors (Lipinski definition) is 0. The number of nitrogens with zero attached hydrogens (tertiary/aromatic N) is 4. The number of thioether (sulfide) groups is 1. The lowest BCUT2D eigenvalue weighted by atomic mass is 10.2. The van der Waals surface area contributed by atoms with Crippen LogP contribution in [-0.2, 0) is 5.75 Å².